The third-order valence-electron chi connectivity index (χ3n) is 13.9. The molecule has 406 valence electrons. The first-order valence-corrected chi connectivity index (χ1v) is 24.9. The molecule has 8 N–H and O–H groups in total. The van der Waals surface area contributed by atoms with Gasteiger partial charge in [-0.05, 0) is 67.0 Å². The van der Waals surface area contributed by atoms with Crippen LogP contribution in [0.4, 0.5) is 4.39 Å². The minimum Gasteiger partial charge on any atom is -0.480 e. The maximum absolute atomic E-state index is 15.4. The molecule has 8 amide bonds. The van der Waals surface area contributed by atoms with Gasteiger partial charge in [-0.1, -0.05) is 37.3 Å². The molecule has 5 atom stereocenters. The number of imide groups is 1. The Bertz CT molecular complexity index is 3260. The smallest absolute Gasteiger partial charge is 0.317 e. The number of carbonyl (C=O) groups excluding carboxylic acids is 9. The minimum atomic E-state index is -2.05. The molecule has 0 saturated heterocycles. The fourth-order valence-corrected chi connectivity index (χ4v) is 9.87. The van der Waals surface area contributed by atoms with Crippen molar-refractivity contribution in [3.63, 3.8) is 0 Å². The zero-order chi connectivity index (χ0) is 56.2. The molecule has 24 nitrogen and oxygen atoms in total. The summed E-state index contributed by atoms with van der Waals surface area (Å²) in [5.41, 5.74) is 2.74. The lowest BCUT2D eigenvalue weighted by atomic mass is 9.79. The van der Waals surface area contributed by atoms with E-state index in [1.165, 1.54) is 13.0 Å². The molecule has 3 aliphatic heterocycles. The highest BCUT2D eigenvalue weighted by Gasteiger charge is 2.40. The van der Waals surface area contributed by atoms with Crippen LogP contribution in [0, 0.1) is 12.7 Å². The van der Waals surface area contributed by atoms with E-state index >= 15 is 4.39 Å². The van der Waals surface area contributed by atoms with E-state index in [2.05, 4.69) is 37.2 Å². The molecule has 0 saturated carbocycles. The van der Waals surface area contributed by atoms with Crippen molar-refractivity contribution in [2.75, 3.05) is 39.5 Å². The first kappa shape index (κ1) is 55.6. The third-order valence-corrected chi connectivity index (χ3v) is 13.9. The Morgan fingerprint density at radius 2 is 1.58 bits per heavy atom. The lowest BCUT2D eigenvalue weighted by Crippen LogP contribution is -2.56. The number of cyclic esters (lactones) is 1. The van der Waals surface area contributed by atoms with Crippen molar-refractivity contribution in [1.82, 2.24) is 51.7 Å². The van der Waals surface area contributed by atoms with E-state index in [-0.39, 0.29) is 25.1 Å². The van der Waals surface area contributed by atoms with Crippen LogP contribution in [0.5, 0.6) is 0 Å². The predicted molar refractivity (Wildman–Crippen MR) is 272 cm³/mol. The number of aliphatic carboxylic acids is 1. The van der Waals surface area contributed by atoms with Crippen LogP contribution in [0.2, 0.25) is 0 Å². The highest BCUT2D eigenvalue weighted by atomic mass is 19.1. The minimum absolute atomic E-state index is 0.0466. The lowest BCUT2D eigenvalue weighted by Gasteiger charge is -2.33. The Balaban J connectivity index is 0.856. The van der Waals surface area contributed by atoms with Gasteiger partial charge in [0.1, 0.15) is 44.6 Å². The second kappa shape index (κ2) is 23.3. The number of benzene rings is 2. The van der Waals surface area contributed by atoms with Crippen molar-refractivity contribution in [2.45, 2.75) is 89.1 Å². The van der Waals surface area contributed by atoms with Crippen LogP contribution >= 0.6 is 0 Å². The number of hydrogen-bond acceptors (Lipinski definition) is 15. The van der Waals surface area contributed by atoms with Crippen LogP contribution in [0.15, 0.2) is 59.4 Å². The van der Waals surface area contributed by atoms with Gasteiger partial charge in [0.05, 0.1) is 67.2 Å². The average molecular weight is 1070 g/mol. The largest absolute Gasteiger partial charge is 0.480 e. The number of aryl methyl sites for hydroxylation is 1. The van der Waals surface area contributed by atoms with Gasteiger partial charge >= 0.3 is 11.9 Å². The summed E-state index contributed by atoms with van der Waals surface area (Å²) in [6.07, 6.45) is 2.89. The fourth-order valence-electron chi connectivity index (χ4n) is 9.87. The SMILES string of the molecule is [B]C(C)(OCNC(=O)CNC(=O)C(Cc1ccccc1)NC(=O)CNC(=O)CNC(=O)C(CNCC(=O)O)N1C(=O)C=CC1=O)C(=O)NC1CCc2c(C)c(F)cc3nc4c(c1c23)Cn1c-4cc2c(c1=O)COC(=O)C2CC. The zero-order valence-electron chi connectivity index (χ0n) is 42.5. The molecular weight excluding hydrogens is 1020 g/mol. The van der Waals surface area contributed by atoms with Gasteiger partial charge < -0.3 is 56.4 Å². The quantitative estimate of drug-likeness (QED) is 0.0170. The number of carboxylic acid groups (broad SMARTS) is 1. The number of aromatic nitrogens is 2. The molecule has 4 aliphatic rings. The van der Waals surface area contributed by atoms with Crippen molar-refractivity contribution in [3.8, 4) is 11.4 Å². The van der Waals surface area contributed by atoms with Gasteiger partial charge in [-0.25, -0.2) is 9.37 Å². The molecule has 5 unspecified atom stereocenters. The van der Waals surface area contributed by atoms with Crippen LogP contribution in [0.1, 0.15) is 77.6 Å². The maximum atomic E-state index is 15.4. The molecular formula is C52H54BFN10O14. The van der Waals surface area contributed by atoms with Gasteiger partial charge in [0, 0.05) is 42.1 Å². The number of nitrogens with zero attached hydrogens (tertiary/aromatic N) is 3. The molecule has 0 spiro atoms. The molecule has 26 heteroatoms. The number of ether oxygens (including phenoxy) is 2. The first-order chi connectivity index (χ1) is 37.2. The molecule has 78 heavy (non-hydrogen) atoms. The summed E-state index contributed by atoms with van der Waals surface area (Å²) in [4.78, 5) is 147. The van der Waals surface area contributed by atoms with Gasteiger partial charge in [-0.2, -0.15) is 0 Å². The second-order valence-corrected chi connectivity index (χ2v) is 19.1. The summed E-state index contributed by atoms with van der Waals surface area (Å²) in [5.74, 6) is -9.48. The van der Waals surface area contributed by atoms with Crippen LogP contribution in [-0.2, 0) is 83.4 Å². The number of amides is 8. The van der Waals surface area contributed by atoms with Crippen molar-refractivity contribution in [3.05, 3.63) is 110 Å². The summed E-state index contributed by atoms with van der Waals surface area (Å²) in [7, 11) is 6.40. The molecule has 2 aromatic carbocycles. The van der Waals surface area contributed by atoms with E-state index in [0.29, 0.717) is 85.4 Å². The molecule has 1 aliphatic carbocycles. The molecule has 8 rings (SSSR count). The Morgan fingerprint density at radius 3 is 2.27 bits per heavy atom. The number of esters is 1. The average Bonchev–Trinajstić information content (AvgIpc) is 4.17. The van der Waals surface area contributed by atoms with Crippen LogP contribution in [-0.4, -0.2) is 144 Å². The summed E-state index contributed by atoms with van der Waals surface area (Å²) in [6.45, 7) is 1.03. The van der Waals surface area contributed by atoms with Gasteiger partial charge in [0.2, 0.25) is 35.4 Å². The molecule has 2 aromatic heterocycles. The van der Waals surface area contributed by atoms with Crippen molar-refractivity contribution in [2.24, 2.45) is 0 Å². The normalized spacial score (nSPS) is 17.4. The van der Waals surface area contributed by atoms with Gasteiger partial charge in [0.15, 0.2) is 0 Å². The Labute approximate surface area is 445 Å². The maximum Gasteiger partial charge on any atom is 0.317 e. The van der Waals surface area contributed by atoms with Gasteiger partial charge in [-0.15, -0.1) is 0 Å². The Morgan fingerprint density at radius 1 is 0.897 bits per heavy atom. The fraction of sp³-hybridized carbons (Fsp3) is 0.385. The number of nitrogens with one attached hydrogen (secondary N) is 7. The first-order valence-electron chi connectivity index (χ1n) is 24.9. The van der Waals surface area contributed by atoms with E-state index in [1.807, 2.05) is 6.92 Å². The standard InChI is InChI=1S/C52H54BFN10O14/c1-4-27-29-15-36-46-30(22-63(36)49(74)31(29)23-77-50(27)75)45-33(11-10-28-25(2)32(54)16-34(61-46)44(28)45)62-51(76)52(3,53)78-24-59-39(66)19-57-47(72)35(14-26-8-6-5-7-9-26)60-40(67)20-56-38(65)18-58-48(73)37(17-55-21-43(70)71)64-41(68)12-13-42(64)69/h5-9,12-13,15-16,27,33,35,37,55H,4,10-11,14,17-24H2,1-3H3,(H,56,65)(H,57,72)(H,58,73)(H,59,66)(H,60,67)(H,62,76)(H,70,71). The van der Waals surface area contributed by atoms with E-state index in [9.17, 15) is 52.7 Å². The van der Waals surface area contributed by atoms with Crippen LogP contribution < -0.4 is 42.8 Å². The van der Waals surface area contributed by atoms with E-state index in [4.69, 9.17) is 27.4 Å². The van der Waals surface area contributed by atoms with Crippen molar-refractivity contribution in [1.29, 1.82) is 0 Å². The zero-order valence-corrected chi connectivity index (χ0v) is 42.5. The number of carbonyl (C=O) groups is 10. The van der Waals surface area contributed by atoms with Crippen LogP contribution in [0.25, 0.3) is 22.3 Å². The summed E-state index contributed by atoms with van der Waals surface area (Å²) in [6, 6.07) is 8.13. The number of fused-ring (bicyclic) bond motifs is 5. The summed E-state index contributed by atoms with van der Waals surface area (Å²) in [5, 5.41) is 26.9. The van der Waals surface area contributed by atoms with Gasteiger partial charge in [0.25, 0.3) is 17.4 Å². The molecule has 0 bridgehead atoms. The molecule has 2 radical (unpaired) electrons. The second-order valence-electron chi connectivity index (χ2n) is 19.1. The highest BCUT2D eigenvalue weighted by Crippen LogP contribution is 2.45. The number of hydrogen-bond donors (Lipinski definition) is 8. The summed E-state index contributed by atoms with van der Waals surface area (Å²) >= 11 is 0. The molecule has 4 aromatic rings. The Kier molecular flexibility index (Phi) is 16.6. The Hall–Kier alpha value is -8.65. The number of pyridine rings is 2. The predicted octanol–water partition coefficient (Wildman–Crippen LogP) is -1.45. The van der Waals surface area contributed by atoms with E-state index in [0.717, 1.165) is 12.2 Å². The van der Waals surface area contributed by atoms with Crippen molar-refractivity contribution < 1.29 is 66.9 Å². The summed E-state index contributed by atoms with van der Waals surface area (Å²) < 4.78 is 28.0. The highest BCUT2D eigenvalue weighted by molar-refractivity contribution is 6.27. The van der Waals surface area contributed by atoms with Crippen LogP contribution in [0.3, 0.4) is 0 Å². The van der Waals surface area contributed by atoms with Gasteiger partial charge in [-0.3, -0.25) is 57.6 Å². The topological polar surface area (TPSA) is 332 Å². The molecule has 0 fully saturated rings. The lowest BCUT2D eigenvalue weighted by molar-refractivity contribution is -0.148. The van der Waals surface area contributed by atoms with E-state index in [1.54, 1.807) is 47.9 Å². The monoisotopic (exact) mass is 1070 g/mol. The van der Waals surface area contributed by atoms with E-state index < -0.39 is 134 Å². The number of halogens is 1. The van der Waals surface area contributed by atoms with Crippen molar-refractivity contribution >= 4 is 77.9 Å². The number of rotatable bonds is 22. The molecule has 5 heterocycles. The third kappa shape index (κ3) is 11.8. The number of carboxylic acids is 1.